The van der Waals surface area contributed by atoms with Crippen molar-refractivity contribution in [1.29, 1.82) is 0 Å². The van der Waals surface area contributed by atoms with Crippen LogP contribution >= 0.6 is 24.0 Å². The molecule has 1 heterocycles. The van der Waals surface area contributed by atoms with Crippen molar-refractivity contribution in [3.63, 3.8) is 0 Å². The van der Waals surface area contributed by atoms with Crippen molar-refractivity contribution >= 4 is 29.9 Å². The maximum atomic E-state index is 5.30. The highest BCUT2D eigenvalue weighted by Gasteiger charge is 2.25. The molecule has 0 spiro atoms. The van der Waals surface area contributed by atoms with Crippen LogP contribution in [0, 0.1) is 0 Å². The molecule has 2 N–H and O–H groups in total. The van der Waals surface area contributed by atoms with Gasteiger partial charge in [-0.3, -0.25) is 0 Å². The third-order valence-corrected chi connectivity index (χ3v) is 3.79. The summed E-state index contributed by atoms with van der Waals surface area (Å²) in [5.41, 5.74) is 2.94. The molecule has 0 aliphatic heterocycles. The molecular formula is C17H22IN3O. The maximum absolute atomic E-state index is 5.30. The van der Waals surface area contributed by atoms with Gasteiger partial charge in [-0.15, -0.1) is 24.0 Å². The van der Waals surface area contributed by atoms with E-state index in [1.54, 1.807) is 6.26 Å². The first-order valence-electron chi connectivity index (χ1n) is 7.49. The van der Waals surface area contributed by atoms with Gasteiger partial charge in [0.1, 0.15) is 12.3 Å². The van der Waals surface area contributed by atoms with Crippen LogP contribution in [0.3, 0.4) is 0 Å². The molecular weight excluding hydrogens is 389 g/mol. The predicted molar refractivity (Wildman–Crippen MR) is 99.8 cm³/mol. The summed E-state index contributed by atoms with van der Waals surface area (Å²) >= 11 is 0. The molecule has 1 aliphatic rings. The second kappa shape index (κ2) is 8.22. The quantitative estimate of drug-likeness (QED) is 0.451. The lowest BCUT2D eigenvalue weighted by molar-refractivity contribution is 0.511. The van der Waals surface area contributed by atoms with Crippen LogP contribution in [-0.2, 0) is 13.0 Å². The SMILES string of the molecule is CCNC(=NCc1ccco1)NCC1Cc2ccccc21.I. The van der Waals surface area contributed by atoms with Crippen molar-refractivity contribution in [2.45, 2.75) is 25.8 Å². The van der Waals surface area contributed by atoms with Gasteiger partial charge in [0, 0.05) is 19.0 Å². The summed E-state index contributed by atoms with van der Waals surface area (Å²) in [4.78, 5) is 4.54. The Morgan fingerprint density at radius 2 is 2.09 bits per heavy atom. The second-order valence-electron chi connectivity index (χ2n) is 5.26. The minimum atomic E-state index is 0. The average Bonchev–Trinajstić information content (AvgIpc) is 2.99. The van der Waals surface area contributed by atoms with Crippen LogP contribution in [-0.4, -0.2) is 19.0 Å². The molecule has 2 aromatic rings. The van der Waals surface area contributed by atoms with E-state index in [-0.39, 0.29) is 24.0 Å². The van der Waals surface area contributed by atoms with E-state index in [9.17, 15) is 0 Å². The number of furan rings is 1. The molecule has 0 saturated carbocycles. The predicted octanol–water partition coefficient (Wildman–Crippen LogP) is 3.29. The minimum Gasteiger partial charge on any atom is -0.467 e. The fraction of sp³-hybridized carbons (Fsp3) is 0.353. The minimum absolute atomic E-state index is 0. The van der Waals surface area contributed by atoms with Gasteiger partial charge in [-0.25, -0.2) is 4.99 Å². The van der Waals surface area contributed by atoms with Crippen LogP contribution in [0.4, 0.5) is 0 Å². The van der Waals surface area contributed by atoms with Gasteiger partial charge in [0.15, 0.2) is 5.96 Å². The molecule has 0 fully saturated rings. The standard InChI is InChI=1S/C17H21N3O.HI/c1-2-18-17(20-12-15-7-5-9-21-15)19-11-14-10-13-6-3-4-8-16(13)14;/h3-9,14H,2,10-12H2,1H3,(H2,18,19,20);1H. The van der Waals surface area contributed by atoms with Gasteiger partial charge >= 0.3 is 0 Å². The Bertz CT molecular complexity index is 610. The largest absolute Gasteiger partial charge is 0.467 e. The second-order valence-corrected chi connectivity index (χ2v) is 5.26. The molecule has 1 aromatic carbocycles. The molecule has 1 aromatic heterocycles. The van der Waals surface area contributed by atoms with Crippen LogP contribution in [0.25, 0.3) is 0 Å². The number of halogens is 1. The van der Waals surface area contributed by atoms with Gasteiger partial charge < -0.3 is 15.1 Å². The molecule has 1 unspecified atom stereocenters. The first-order chi connectivity index (χ1) is 10.4. The Kier molecular flexibility index (Phi) is 6.30. The Hall–Kier alpha value is -1.50. The number of aliphatic imine (C=N–C) groups is 1. The molecule has 4 nitrogen and oxygen atoms in total. The zero-order valence-electron chi connectivity index (χ0n) is 12.7. The summed E-state index contributed by atoms with van der Waals surface area (Å²) in [5.74, 6) is 2.31. The molecule has 3 rings (SSSR count). The van der Waals surface area contributed by atoms with Crippen LogP contribution in [0.2, 0.25) is 0 Å². The Labute approximate surface area is 148 Å². The normalized spacial score (nSPS) is 16.2. The van der Waals surface area contributed by atoms with E-state index in [4.69, 9.17) is 4.42 Å². The van der Waals surface area contributed by atoms with Gasteiger partial charge in [-0.05, 0) is 36.6 Å². The van der Waals surface area contributed by atoms with E-state index in [2.05, 4.69) is 46.8 Å². The molecule has 0 saturated heterocycles. The Balaban J connectivity index is 0.00000176. The summed E-state index contributed by atoms with van der Waals surface area (Å²) in [6.45, 7) is 4.40. The van der Waals surface area contributed by atoms with E-state index in [0.717, 1.165) is 31.2 Å². The summed E-state index contributed by atoms with van der Waals surface area (Å²) in [6, 6.07) is 12.5. The van der Waals surface area contributed by atoms with Crippen molar-refractivity contribution < 1.29 is 4.42 Å². The number of nitrogens with zero attached hydrogens (tertiary/aromatic N) is 1. The van der Waals surface area contributed by atoms with Crippen molar-refractivity contribution in [2.24, 2.45) is 4.99 Å². The van der Waals surface area contributed by atoms with E-state index in [1.807, 2.05) is 12.1 Å². The molecule has 1 aliphatic carbocycles. The third-order valence-electron chi connectivity index (χ3n) is 3.79. The molecule has 0 radical (unpaired) electrons. The van der Waals surface area contributed by atoms with Gasteiger partial charge in [-0.1, -0.05) is 24.3 Å². The fourth-order valence-electron chi connectivity index (χ4n) is 2.67. The lowest BCUT2D eigenvalue weighted by atomic mass is 9.78. The zero-order chi connectivity index (χ0) is 14.5. The topological polar surface area (TPSA) is 49.6 Å². The number of hydrogen-bond donors (Lipinski definition) is 2. The number of fused-ring (bicyclic) bond motifs is 1. The molecule has 118 valence electrons. The maximum Gasteiger partial charge on any atom is 0.191 e. The molecule has 0 amide bonds. The summed E-state index contributed by atoms with van der Waals surface area (Å²) in [7, 11) is 0. The highest BCUT2D eigenvalue weighted by atomic mass is 127. The number of benzene rings is 1. The summed E-state index contributed by atoms with van der Waals surface area (Å²) < 4.78 is 5.30. The van der Waals surface area contributed by atoms with Crippen molar-refractivity contribution in [3.05, 3.63) is 59.5 Å². The Morgan fingerprint density at radius 1 is 1.23 bits per heavy atom. The first-order valence-corrected chi connectivity index (χ1v) is 7.49. The van der Waals surface area contributed by atoms with E-state index >= 15 is 0 Å². The van der Waals surface area contributed by atoms with Gasteiger partial charge in [0.05, 0.1) is 6.26 Å². The Morgan fingerprint density at radius 3 is 2.82 bits per heavy atom. The number of rotatable bonds is 5. The number of guanidine groups is 1. The smallest absolute Gasteiger partial charge is 0.191 e. The molecule has 5 heteroatoms. The number of hydrogen-bond acceptors (Lipinski definition) is 2. The average molecular weight is 411 g/mol. The van der Waals surface area contributed by atoms with E-state index in [1.165, 1.54) is 11.1 Å². The van der Waals surface area contributed by atoms with Crippen molar-refractivity contribution in [2.75, 3.05) is 13.1 Å². The van der Waals surface area contributed by atoms with Crippen LogP contribution in [0.1, 0.15) is 29.7 Å². The summed E-state index contributed by atoms with van der Waals surface area (Å²) in [6.07, 6.45) is 2.83. The first kappa shape index (κ1) is 16.9. The molecule has 0 bridgehead atoms. The molecule has 22 heavy (non-hydrogen) atoms. The van der Waals surface area contributed by atoms with E-state index in [0.29, 0.717) is 12.5 Å². The lowest BCUT2D eigenvalue weighted by Crippen LogP contribution is -2.41. The van der Waals surface area contributed by atoms with E-state index < -0.39 is 0 Å². The van der Waals surface area contributed by atoms with Gasteiger partial charge in [0.25, 0.3) is 0 Å². The molecule has 1 atom stereocenters. The number of nitrogens with one attached hydrogen (secondary N) is 2. The lowest BCUT2D eigenvalue weighted by Gasteiger charge is -2.30. The van der Waals surface area contributed by atoms with Crippen LogP contribution in [0.15, 0.2) is 52.1 Å². The summed E-state index contributed by atoms with van der Waals surface area (Å²) in [5, 5.41) is 6.69. The fourth-order valence-corrected chi connectivity index (χ4v) is 2.67. The third kappa shape index (κ3) is 4.03. The van der Waals surface area contributed by atoms with Crippen LogP contribution < -0.4 is 10.6 Å². The highest BCUT2D eigenvalue weighted by Crippen LogP contribution is 2.33. The highest BCUT2D eigenvalue weighted by molar-refractivity contribution is 14.0. The van der Waals surface area contributed by atoms with Gasteiger partial charge in [-0.2, -0.15) is 0 Å². The van der Waals surface area contributed by atoms with Gasteiger partial charge in [0.2, 0.25) is 0 Å². The van der Waals surface area contributed by atoms with Crippen molar-refractivity contribution in [3.8, 4) is 0 Å². The van der Waals surface area contributed by atoms with Crippen LogP contribution in [0.5, 0.6) is 0 Å². The zero-order valence-corrected chi connectivity index (χ0v) is 15.0. The monoisotopic (exact) mass is 411 g/mol. The van der Waals surface area contributed by atoms with Crippen molar-refractivity contribution in [1.82, 2.24) is 10.6 Å².